The Labute approximate surface area is 136 Å². The molecule has 0 aliphatic rings. The summed E-state index contributed by atoms with van der Waals surface area (Å²) in [6.45, 7) is 5.10. The van der Waals surface area contributed by atoms with Gasteiger partial charge in [-0.05, 0) is 59.6 Å². The van der Waals surface area contributed by atoms with Gasteiger partial charge in [0.1, 0.15) is 0 Å². The van der Waals surface area contributed by atoms with Gasteiger partial charge < -0.3 is 11.1 Å². The van der Waals surface area contributed by atoms with E-state index >= 15 is 0 Å². The monoisotopic (exact) mass is 361 g/mol. The third-order valence-corrected chi connectivity index (χ3v) is 5.11. The number of hydrogen-bond acceptors (Lipinski definition) is 4. The molecule has 0 saturated heterocycles. The molecule has 5 heteroatoms. The molecule has 0 saturated carbocycles. The molecule has 0 atom stereocenters. The number of nitrogens with zero attached hydrogens (tertiary/aromatic N) is 1. The molecule has 2 aromatic heterocycles. The molecule has 0 aliphatic heterocycles. The molecular formula is C16H16BrN3S. The number of fused-ring (bicyclic) bond motifs is 1. The zero-order chi connectivity index (χ0) is 15.0. The predicted molar refractivity (Wildman–Crippen MR) is 95.0 cm³/mol. The number of aryl methyl sites for hydroxylation is 2. The Morgan fingerprint density at radius 1 is 1.29 bits per heavy atom. The molecule has 1 aromatic carbocycles. The van der Waals surface area contributed by atoms with E-state index in [1.54, 1.807) is 6.20 Å². The number of nitrogens with one attached hydrogen (secondary N) is 1. The molecule has 3 nitrogen and oxygen atoms in total. The molecule has 0 unspecified atom stereocenters. The zero-order valence-electron chi connectivity index (χ0n) is 11.9. The van der Waals surface area contributed by atoms with E-state index in [2.05, 4.69) is 46.1 Å². The van der Waals surface area contributed by atoms with Crippen LogP contribution in [-0.4, -0.2) is 4.98 Å². The molecule has 3 aromatic rings. The van der Waals surface area contributed by atoms with Crippen molar-refractivity contribution in [3.63, 3.8) is 0 Å². The summed E-state index contributed by atoms with van der Waals surface area (Å²) in [6, 6.07) is 8.15. The largest absolute Gasteiger partial charge is 0.398 e. The van der Waals surface area contributed by atoms with Gasteiger partial charge in [-0.15, -0.1) is 11.3 Å². The van der Waals surface area contributed by atoms with E-state index < -0.39 is 0 Å². The molecule has 3 N–H and O–H groups in total. The molecular weight excluding hydrogens is 346 g/mol. The summed E-state index contributed by atoms with van der Waals surface area (Å²) in [6.07, 6.45) is 1.80. The number of nitrogen functional groups attached to an aromatic ring is 1. The van der Waals surface area contributed by atoms with E-state index in [0.29, 0.717) is 0 Å². The maximum Gasteiger partial charge on any atom is 0.0954 e. The minimum Gasteiger partial charge on any atom is -0.398 e. The molecule has 0 amide bonds. The maximum atomic E-state index is 6.04. The first-order valence-corrected chi connectivity index (χ1v) is 8.29. The highest BCUT2D eigenvalue weighted by Crippen LogP contribution is 2.29. The molecule has 0 radical (unpaired) electrons. The zero-order valence-corrected chi connectivity index (χ0v) is 14.3. The van der Waals surface area contributed by atoms with E-state index in [4.69, 9.17) is 5.73 Å². The number of pyridine rings is 1. The molecule has 0 bridgehead atoms. The fourth-order valence-electron chi connectivity index (χ4n) is 2.28. The quantitative estimate of drug-likeness (QED) is 0.654. The number of halogens is 1. The normalized spacial score (nSPS) is 11.0. The third-order valence-electron chi connectivity index (χ3n) is 3.52. The Balaban J connectivity index is 1.92. The van der Waals surface area contributed by atoms with Gasteiger partial charge in [-0.3, -0.25) is 4.98 Å². The van der Waals surface area contributed by atoms with Crippen LogP contribution in [0.4, 0.5) is 11.4 Å². The van der Waals surface area contributed by atoms with Gasteiger partial charge in [0.05, 0.1) is 11.2 Å². The summed E-state index contributed by atoms with van der Waals surface area (Å²) < 4.78 is 0.934. The molecule has 0 fully saturated rings. The van der Waals surface area contributed by atoms with Crippen molar-refractivity contribution in [1.82, 2.24) is 4.98 Å². The van der Waals surface area contributed by atoms with Gasteiger partial charge in [0.15, 0.2) is 0 Å². The van der Waals surface area contributed by atoms with Crippen molar-refractivity contribution in [2.75, 3.05) is 11.1 Å². The van der Waals surface area contributed by atoms with Crippen LogP contribution in [0, 0.1) is 13.8 Å². The average molecular weight is 362 g/mol. The summed E-state index contributed by atoms with van der Waals surface area (Å²) in [5.74, 6) is 0. The van der Waals surface area contributed by atoms with Crippen LogP contribution in [0.5, 0.6) is 0 Å². The lowest BCUT2D eigenvalue weighted by Gasteiger charge is -2.10. The van der Waals surface area contributed by atoms with Crippen LogP contribution in [-0.2, 0) is 6.54 Å². The van der Waals surface area contributed by atoms with Crippen molar-refractivity contribution in [1.29, 1.82) is 0 Å². The smallest absolute Gasteiger partial charge is 0.0954 e. The van der Waals surface area contributed by atoms with Gasteiger partial charge in [-0.2, -0.15) is 0 Å². The molecule has 3 rings (SSSR count). The lowest BCUT2D eigenvalue weighted by molar-refractivity contribution is 1.19. The Bertz CT molecular complexity index is 791. The fraction of sp³-hybridized carbons (Fsp3) is 0.188. The predicted octanol–water partition coefficient (Wildman–Crippen LogP) is 4.87. The van der Waals surface area contributed by atoms with E-state index in [-0.39, 0.29) is 0 Å². The maximum absolute atomic E-state index is 6.04. The number of nitrogens with two attached hydrogens (primary N) is 1. The standard InChI is InChI=1S/C16H16BrN3S/c1-9-5-12(21-10(9)2)8-19-15-4-3-14(18)13-6-11(17)7-20-16(13)15/h3-7,19H,8,18H2,1-2H3. The van der Waals surface area contributed by atoms with Gasteiger partial charge in [0.2, 0.25) is 0 Å². The van der Waals surface area contributed by atoms with Crippen LogP contribution in [0.25, 0.3) is 10.9 Å². The Kier molecular flexibility index (Phi) is 3.87. The van der Waals surface area contributed by atoms with Gasteiger partial charge in [-0.25, -0.2) is 0 Å². The number of hydrogen-bond donors (Lipinski definition) is 2. The summed E-state index contributed by atoms with van der Waals surface area (Å²) in [4.78, 5) is 7.19. The summed E-state index contributed by atoms with van der Waals surface area (Å²) >= 11 is 5.27. The lowest BCUT2D eigenvalue weighted by Crippen LogP contribution is -2.00. The third kappa shape index (κ3) is 2.89. The minimum atomic E-state index is 0.743. The van der Waals surface area contributed by atoms with Crippen LogP contribution in [0.2, 0.25) is 0 Å². The Morgan fingerprint density at radius 3 is 2.81 bits per heavy atom. The molecule has 0 spiro atoms. The lowest BCUT2D eigenvalue weighted by atomic mass is 10.1. The van der Waals surface area contributed by atoms with Crippen molar-refractivity contribution in [2.24, 2.45) is 0 Å². The SMILES string of the molecule is Cc1cc(CNc2ccc(N)c3cc(Br)cnc23)sc1C. The van der Waals surface area contributed by atoms with Crippen molar-refractivity contribution >= 4 is 49.5 Å². The highest BCUT2D eigenvalue weighted by Gasteiger charge is 2.07. The van der Waals surface area contributed by atoms with E-state index in [0.717, 1.165) is 33.3 Å². The number of thiophene rings is 1. The number of rotatable bonds is 3. The van der Waals surface area contributed by atoms with Crippen LogP contribution >= 0.6 is 27.3 Å². The van der Waals surface area contributed by atoms with Crippen LogP contribution in [0.3, 0.4) is 0 Å². The van der Waals surface area contributed by atoms with Gasteiger partial charge in [0, 0.05) is 38.0 Å². The summed E-state index contributed by atoms with van der Waals surface area (Å²) in [5.41, 5.74) is 10.0. The van der Waals surface area contributed by atoms with Gasteiger partial charge >= 0.3 is 0 Å². The van der Waals surface area contributed by atoms with E-state index in [1.165, 1.54) is 15.3 Å². The first-order chi connectivity index (χ1) is 10.0. The highest BCUT2D eigenvalue weighted by atomic mass is 79.9. The van der Waals surface area contributed by atoms with Crippen LogP contribution in [0.15, 0.2) is 34.9 Å². The highest BCUT2D eigenvalue weighted by molar-refractivity contribution is 9.10. The first kappa shape index (κ1) is 14.4. The topological polar surface area (TPSA) is 50.9 Å². The molecule has 2 heterocycles. The van der Waals surface area contributed by atoms with Crippen LogP contribution in [0.1, 0.15) is 15.3 Å². The second-order valence-corrected chi connectivity index (χ2v) is 7.31. The Morgan fingerprint density at radius 2 is 2.10 bits per heavy atom. The number of benzene rings is 1. The van der Waals surface area contributed by atoms with Gasteiger partial charge in [0.25, 0.3) is 0 Å². The average Bonchev–Trinajstić information content (AvgIpc) is 2.77. The first-order valence-electron chi connectivity index (χ1n) is 6.68. The minimum absolute atomic E-state index is 0.743. The van der Waals surface area contributed by atoms with Crippen molar-refractivity contribution in [3.05, 3.63) is 50.3 Å². The van der Waals surface area contributed by atoms with Crippen molar-refractivity contribution in [2.45, 2.75) is 20.4 Å². The van der Waals surface area contributed by atoms with Crippen LogP contribution < -0.4 is 11.1 Å². The number of aromatic nitrogens is 1. The molecule has 108 valence electrons. The second kappa shape index (κ2) is 5.66. The van der Waals surface area contributed by atoms with Crippen molar-refractivity contribution in [3.8, 4) is 0 Å². The summed E-state index contributed by atoms with van der Waals surface area (Å²) in [7, 11) is 0. The fourth-order valence-corrected chi connectivity index (χ4v) is 3.60. The second-order valence-electron chi connectivity index (χ2n) is 5.06. The molecule has 21 heavy (non-hydrogen) atoms. The van der Waals surface area contributed by atoms with E-state index in [1.807, 2.05) is 29.5 Å². The molecule has 0 aliphatic carbocycles. The van der Waals surface area contributed by atoms with Gasteiger partial charge in [-0.1, -0.05) is 0 Å². The van der Waals surface area contributed by atoms with E-state index in [9.17, 15) is 0 Å². The summed E-state index contributed by atoms with van der Waals surface area (Å²) in [5, 5.41) is 4.43. The Hall–Kier alpha value is -1.59. The van der Waals surface area contributed by atoms with Crippen molar-refractivity contribution < 1.29 is 0 Å². The number of anilines is 2.